The summed E-state index contributed by atoms with van der Waals surface area (Å²) in [7, 11) is 1.98. The van der Waals surface area contributed by atoms with E-state index in [1.165, 1.54) is 0 Å². The minimum absolute atomic E-state index is 0.0792. The Bertz CT molecular complexity index is 373. The highest BCUT2D eigenvalue weighted by Crippen LogP contribution is 2.31. The summed E-state index contributed by atoms with van der Waals surface area (Å²) in [6.45, 7) is 6.08. The van der Waals surface area contributed by atoms with Crippen molar-refractivity contribution in [2.24, 2.45) is 7.05 Å². The molecule has 0 bridgehead atoms. The molecule has 5 nitrogen and oxygen atoms in total. The Morgan fingerprint density at radius 3 is 2.89 bits per heavy atom. The zero-order valence-electron chi connectivity index (χ0n) is 11.6. The molecule has 0 aromatic carbocycles. The lowest BCUT2D eigenvalue weighted by molar-refractivity contribution is -0.0932. The van der Waals surface area contributed by atoms with E-state index in [0.717, 1.165) is 44.7 Å². The van der Waals surface area contributed by atoms with Gasteiger partial charge in [0.15, 0.2) is 0 Å². The first-order chi connectivity index (χ1) is 8.69. The monoisotopic (exact) mass is 252 g/mol. The molecule has 1 saturated heterocycles. The van der Waals surface area contributed by atoms with Crippen molar-refractivity contribution in [2.45, 2.75) is 57.7 Å². The normalized spacial score (nSPS) is 23.2. The number of hydrogen-bond acceptors (Lipinski definition) is 4. The van der Waals surface area contributed by atoms with Gasteiger partial charge in [0.25, 0.3) is 0 Å². The summed E-state index contributed by atoms with van der Waals surface area (Å²) in [6.07, 6.45) is 6.10. The van der Waals surface area contributed by atoms with Gasteiger partial charge in [0.2, 0.25) is 0 Å². The lowest BCUT2D eigenvalue weighted by atomic mass is 9.86. The predicted molar refractivity (Wildman–Crippen MR) is 70.1 cm³/mol. The number of rotatable bonds is 5. The summed E-state index contributed by atoms with van der Waals surface area (Å²) in [5, 5.41) is 11.6. The van der Waals surface area contributed by atoms with Gasteiger partial charge in [0.05, 0.1) is 12.1 Å². The lowest BCUT2D eigenvalue weighted by Gasteiger charge is -2.40. The van der Waals surface area contributed by atoms with Crippen LogP contribution < -0.4 is 5.32 Å². The van der Waals surface area contributed by atoms with Gasteiger partial charge < -0.3 is 14.6 Å². The van der Waals surface area contributed by atoms with E-state index in [1.807, 2.05) is 11.6 Å². The van der Waals surface area contributed by atoms with Crippen LogP contribution in [0.2, 0.25) is 0 Å². The first kappa shape index (κ1) is 13.5. The van der Waals surface area contributed by atoms with Gasteiger partial charge in [-0.2, -0.15) is 0 Å². The predicted octanol–water partition coefficient (Wildman–Crippen LogP) is 1.64. The second-order valence-electron chi connectivity index (χ2n) is 5.17. The number of ether oxygens (including phenoxy) is 1. The fourth-order valence-electron chi connectivity index (χ4n) is 2.65. The van der Waals surface area contributed by atoms with E-state index in [-0.39, 0.29) is 5.60 Å². The summed E-state index contributed by atoms with van der Waals surface area (Å²) >= 11 is 0. The molecule has 0 spiro atoms. The molecular weight excluding hydrogens is 228 g/mol. The van der Waals surface area contributed by atoms with Gasteiger partial charge in [-0.15, -0.1) is 10.2 Å². The van der Waals surface area contributed by atoms with Crippen LogP contribution in [0, 0.1) is 0 Å². The maximum absolute atomic E-state index is 5.98. The van der Waals surface area contributed by atoms with Crippen molar-refractivity contribution in [3.05, 3.63) is 12.2 Å². The molecule has 5 heteroatoms. The molecule has 2 rings (SSSR count). The molecule has 18 heavy (non-hydrogen) atoms. The topological polar surface area (TPSA) is 52.0 Å². The maximum atomic E-state index is 5.98. The highest BCUT2D eigenvalue weighted by atomic mass is 16.5. The molecule has 0 amide bonds. The van der Waals surface area contributed by atoms with E-state index < -0.39 is 0 Å². The molecular formula is C13H24N4O. The fraction of sp³-hybridized carbons (Fsp3) is 0.846. The third kappa shape index (κ3) is 2.90. The van der Waals surface area contributed by atoms with Crippen molar-refractivity contribution < 1.29 is 4.74 Å². The van der Waals surface area contributed by atoms with Crippen LogP contribution in [0.5, 0.6) is 0 Å². The van der Waals surface area contributed by atoms with Crippen molar-refractivity contribution in [1.82, 2.24) is 20.1 Å². The van der Waals surface area contributed by atoms with Gasteiger partial charge in [0, 0.05) is 19.7 Å². The standard InChI is InChI=1S/C13H24N4O/c1-4-13(5-2)8-11(6-7-18-13)14-9-12-16-15-10-17(12)3/h10-11,14H,4-9H2,1-3H3. The first-order valence-electron chi connectivity index (χ1n) is 6.89. The Balaban J connectivity index is 1.88. The van der Waals surface area contributed by atoms with Crippen molar-refractivity contribution in [2.75, 3.05) is 6.61 Å². The van der Waals surface area contributed by atoms with Crippen LogP contribution in [-0.2, 0) is 18.3 Å². The molecule has 1 fully saturated rings. The van der Waals surface area contributed by atoms with Crippen LogP contribution in [0.25, 0.3) is 0 Å². The first-order valence-corrected chi connectivity index (χ1v) is 6.89. The van der Waals surface area contributed by atoms with Gasteiger partial charge in [0.1, 0.15) is 12.2 Å². The average molecular weight is 252 g/mol. The highest BCUT2D eigenvalue weighted by Gasteiger charge is 2.34. The van der Waals surface area contributed by atoms with E-state index in [9.17, 15) is 0 Å². The zero-order valence-corrected chi connectivity index (χ0v) is 11.6. The molecule has 1 aromatic heterocycles. The second-order valence-corrected chi connectivity index (χ2v) is 5.17. The molecule has 0 saturated carbocycles. The third-order valence-electron chi connectivity index (χ3n) is 4.14. The Labute approximate surface area is 109 Å². The van der Waals surface area contributed by atoms with Crippen molar-refractivity contribution in [3.8, 4) is 0 Å². The van der Waals surface area contributed by atoms with Gasteiger partial charge in [-0.05, 0) is 25.7 Å². The number of aromatic nitrogens is 3. The van der Waals surface area contributed by atoms with Gasteiger partial charge in [-0.1, -0.05) is 13.8 Å². The summed E-state index contributed by atoms with van der Waals surface area (Å²) in [6, 6.07) is 0.523. The molecule has 2 heterocycles. The van der Waals surface area contributed by atoms with Crippen LogP contribution in [0.15, 0.2) is 6.33 Å². The van der Waals surface area contributed by atoms with Crippen LogP contribution in [0.4, 0.5) is 0 Å². The number of aryl methyl sites for hydroxylation is 1. The quantitative estimate of drug-likeness (QED) is 0.865. The fourth-order valence-corrected chi connectivity index (χ4v) is 2.65. The van der Waals surface area contributed by atoms with Gasteiger partial charge in [-0.3, -0.25) is 0 Å². The van der Waals surface area contributed by atoms with Crippen LogP contribution in [0.3, 0.4) is 0 Å². The van der Waals surface area contributed by atoms with E-state index in [1.54, 1.807) is 6.33 Å². The van der Waals surface area contributed by atoms with Crippen LogP contribution in [-0.4, -0.2) is 33.0 Å². The molecule has 1 atom stereocenters. The average Bonchev–Trinajstić information content (AvgIpc) is 2.82. The minimum atomic E-state index is 0.0792. The van der Waals surface area contributed by atoms with Crippen LogP contribution in [0.1, 0.15) is 45.4 Å². The summed E-state index contributed by atoms with van der Waals surface area (Å²) < 4.78 is 7.94. The maximum Gasteiger partial charge on any atom is 0.146 e. The van der Waals surface area contributed by atoms with Crippen molar-refractivity contribution >= 4 is 0 Å². The zero-order chi connectivity index (χ0) is 13.0. The molecule has 1 aliphatic heterocycles. The molecule has 1 unspecified atom stereocenters. The lowest BCUT2D eigenvalue weighted by Crippen LogP contribution is -2.46. The Hall–Kier alpha value is -0.940. The molecule has 0 radical (unpaired) electrons. The smallest absolute Gasteiger partial charge is 0.146 e. The number of nitrogens with zero attached hydrogens (tertiary/aromatic N) is 3. The largest absolute Gasteiger partial charge is 0.375 e. The van der Waals surface area contributed by atoms with Gasteiger partial charge >= 0.3 is 0 Å². The van der Waals surface area contributed by atoms with Crippen molar-refractivity contribution in [1.29, 1.82) is 0 Å². The Morgan fingerprint density at radius 2 is 2.28 bits per heavy atom. The Morgan fingerprint density at radius 1 is 1.50 bits per heavy atom. The van der Waals surface area contributed by atoms with E-state index in [0.29, 0.717) is 6.04 Å². The minimum Gasteiger partial charge on any atom is -0.375 e. The van der Waals surface area contributed by atoms with E-state index in [4.69, 9.17) is 4.74 Å². The summed E-state index contributed by atoms with van der Waals surface area (Å²) in [4.78, 5) is 0. The number of hydrogen-bond donors (Lipinski definition) is 1. The molecule has 1 aromatic rings. The number of nitrogens with one attached hydrogen (secondary N) is 1. The Kier molecular flexibility index (Phi) is 4.35. The van der Waals surface area contributed by atoms with E-state index >= 15 is 0 Å². The third-order valence-corrected chi connectivity index (χ3v) is 4.14. The van der Waals surface area contributed by atoms with Gasteiger partial charge in [-0.25, -0.2) is 0 Å². The molecule has 102 valence electrons. The van der Waals surface area contributed by atoms with Crippen molar-refractivity contribution in [3.63, 3.8) is 0 Å². The molecule has 1 aliphatic rings. The van der Waals surface area contributed by atoms with E-state index in [2.05, 4.69) is 29.4 Å². The SMILES string of the molecule is CCC1(CC)CC(NCc2nncn2C)CCO1. The summed E-state index contributed by atoms with van der Waals surface area (Å²) in [5.74, 6) is 0.986. The highest BCUT2D eigenvalue weighted by molar-refractivity contribution is 4.90. The van der Waals surface area contributed by atoms with Crippen LogP contribution >= 0.6 is 0 Å². The summed E-state index contributed by atoms with van der Waals surface area (Å²) in [5.41, 5.74) is 0.0792. The molecule has 0 aliphatic carbocycles. The molecule has 1 N–H and O–H groups in total. The second kappa shape index (κ2) is 5.80.